The highest BCUT2D eigenvalue weighted by Crippen LogP contribution is 2.15. The summed E-state index contributed by atoms with van der Waals surface area (Å²) >= 11 is -2.15. The van der Waals surface area contributed by atoms with Crippen LogP contribution in [0.3, 0.4) is 0 Å². The van der Waals surface area contributed by atoms with Crippen LogP contribution >= 0.6 is 0 Å². The second-order valence-corrected chi connectivity index (χ2v) is 11.0. The Balaban J connectivity index is 1.50. The average Bonchev–Trinajstić information content (AvgIpc) is 3.49. The summed E-state index contributed by atoms with van der Waals surface area (Å²) in [6.45, 7) is 1.88. The van der Waals surface area contributed by atoms with Crippen LogP contribution in [0.4, 0.5) is 4.79 Å². The Kier molecular flexibility index (Phi) is 10.8. The number of nitrogens with one attached hydrogen (secondary N) is 3. The number of hydrogen-bond acceptors (Lipinski definition) is 11. The van der Waals surface area contributed by atoms with Crippen molar-refractivity contribution in [2.24, 2.45) is 0 Å². The van der Waals surface area contributed by atoms with Crippen LogP contribution in [0.15, 0.2) is 0 Å². The van der Waals surface area contributed by atoms with Gasteiger partial charge >= 0.3 is 18.0 Å². The summed E-state index contributed by atoms with van der Waals surface area (Å²) in [6.07, 6.45) is 1.93. The number of urea groups is 1. The lowest BCUT2D eigenvalue weighted by molar-refractivity contribution is -0.198. The molecule has 7 amide bonds. The fourth-order valence-corrected chi connectivity index (χ4v) is 5.22. The summed E-state index contributed by atoms with van der Waals surface area (Å²) in [5.41, 5.74) is 0. The summed E-state index contributed by atoms with van der Waals surface area (Å²) in [5, 5.41) is 8.48. The van der Waals surface area contributed by atoms with E-state index in [1.807, 2.05) is 6.92 Å². The molecule has 0 aromatic rings. The second kappa shape index (κ2) is 14.1. The second-order valence-electron chi connectivity index (χ2n) is 9.52. The molecule has 40 heavy (non-hydrogen) atoms. The number of carbonyl (C=O) groups is 8. The van der Waals surface area contributed by atoms with E-state index in [0.717, 1.165) is 6.42 Å². The van der Waals surface area contributed by atoms with Crippen molar-refractivity contribution in [3.05, 3.63) is 0 Å². The molecule has 17 heteroatoms. The van der Waals surface area contributed by atoms with Crippen LogP contribution in [0.1, 0.15) is 64.7 Å². The average molecular weight is 586 g/mol. The molecule has 3 saturated heterocycles. The number of hydrogen-bond donors (Lipinski definition) is 3. The lowest BCUT2D eigenvalue weighted by atomic mass is 10.0. The molecular formula is C23H31N5O11S. The zero-order valence-electron chi connectivity index (χ0n) is 21.8. The summed E-state index contributed by atoms with van der Waals surface area (Å²) in [4.78, 5) is 105. The molecule has 0 radical (unpaired) electrons. The van der Waals surface area contributed by atoms with Crippen LogP contribution in [0, 0.1) is 0 Å². The molecular weight excluding hydrogens is 554 g/mol. The fourth-order valence-electron chi connectivity index (χ4n) is 4.20. The smallest absolute Gasteiger partial charge is 0.381 e. The zero-order chi connectivity index (χ0) is 29.4. The van der Waals surface area contributed by atoms with E-state index in [1.54, 1.807) is 0 Å². The summed E-state index contributed by atoms with van der Waals surface area (Å²) in [7, 11) is 0. The molecule has 0 spiro atoms. The molecule has 4 atom stereocenters. The van der Waals surface area contributed by atoms with Gasteiger partial charge in [0.2, 0.25) is 11.7 Å². The molecule has 3 rings (SSSR count). The number of amides is 7. The lowest BCUT2D eigenvalue weighted by Crippen LogP contribution is -2.49. The predicted molar refractivity (Wildman–Crippen MR) is 132 cm³/mol. The first-order chi connectivity index (χ1) is 18.9. The van der Waals surface area contributed by atoms with Gasteiger partial charge in [0.15, 0.2) is 6.04 Å². The van der Waals surface area contributed by atoms with Gasteiger partial charge in [-0.15, -0.1) is 10.1 Å². The van der Waals surface area contributed by atoms with Gasteiger partial charge < -0.3 is 30.2 Å². The number of hydroxylamine groups is 4. The molecule has 220 valence electrons. The van der Waals surface area contributed by atoms with Crippen LogP contribution in [0.25, 0.3) is 0 Å². The van der Waals surface area contributed by atoms with E-state index in [9.17, 15) is 42.9 Å². The molecule has 0 saturated carbocycles. The number of nitrogens with zero attached hydrogens (tertiary/aromatic N) is 2. The van der Waals surface area contributed by atoms with Crippen LogP contribution in [0.5, 0.6) is 0 Å². The third-order valence-electron chi connectivity index (χ3n) is 6.33. The maximum Gasteiger partial charge on any atom is 0.381 e. The molecule has 3 N–H and O–H groups in total. The maximum atomic E-state index is 12.7. The highest BCUT2D eigenvalue weighted by atomic mass is 32.2. The first kappa shape index (κ1) is 30.8. The Labute approximate surface area is 231 Å². The van der Waals surface area contributed by atoms with E-state index in [-0.39, 0.29) is 60.3 Å². The Morgan fingerprint density at radius 1 is 0.925 bits per heavy atom. The number of unbranched alkanes of at least 4 members (excludes halogenated alkanes) is 2. The number of rotatable bonds is 14. The minimum Gasteiger partial charge on any atom is -0.616 e. The van der Waals surface area contributed by atoms with Crippen molar-refractivity contribution < 1.29 is 52.6 Å². The third kappa shape index (κ3) is 8.64. The van der Waals surface area contributed by atoms with E-state index in [0.29, 0.717) is 19.3 Å². The Morgan fingerprint density at radius 3 is 2.05 bits per heavy atom. The zero-order valence-corrected chi connectivity index (χ0v) is 22.6. The Morgan fingerprint density at radius 2 is 1.50 bits per heavy atom. The molecule has 3 heterocycles. The lowest BCUT2D eigenvalue weighted by Gasteiger charge is -2.21. The molecule has 3 aliphatic heterocycles. The molecule has 0 aromatic heterocycles. The van der Waals surface area contributed by atoms with Gasteiger partial charge in [-0.3, -0.25) is 24.0 Å². The highest BCUT2D eigenvalue weighted by Gasteiger charge is 2.38. The van der Waals surface area contributed by atoms with Gasteiger partial charge in [-0.2, -0.15) is 0 Å². The fraction of sp³-hybridized carbons (Fsp3) is 0.652. The van der Waals surface area contributed by atoms with Crippen LogP contribution < -0.4 is 16.0 Å². The van der Waals surface area contributed by atoms with Gasteiger partial charge in [0, 0.05) is 38.1 Å². The van der Waals surface area contributed by atoms with Crippen molar-refractivity contribution in [3.63, 3.8) is 0 Å². The molecule has 3 fully saturated rings. The molecule has 3 aliphatic rings. The standard InChI is InChI=1S/C23H31N5O11S/c1-13-14(26-23(36)24-13)5-3-2-4-6-16(29)25-15(22(35)39-28-19(32)9-10-20(28)33)11-40(37)12-21(34)38-27-17(30)7-8-18(27)31/h13-15H,2-12H2,1H3,(H,25,29)(H2,24,26,36). The third-order valence-corrected chi connectivity index (χ3v) is 7.60. The van der Waals surface area contributed by atoms with E-state index in [4.69, 9.17) is 4.84 Å². The van der Waals surface area contributed by atoms with Crippen molar-refractivity contribution in [3.8, 4) is 0 Å². The summed E-state index contributed by atoms with van der Waals surface area (Å²) < 4.78 is 12.6. The molecule has 16 nitrogen and oxygen atoms in total. The molecule has 0 aromatic carbocycles. The molecule has 0 bridgehead atoms. The van der Waals surface area contributed by atoms with Gasteiger partial charge in [-0.05, 0) is 30.9 Å². The van der Waals surface area contributed by atoms with Gasteiger partial charge in [0.25, 0.3) is 23.6 Å². The molecule has 0 aliphatic carbocycles. The van der Waals surface area contributed by atoms with Crippen molar-refractivity contribution >= 4 is 58.7 Å². The van der Waals surface area contributed by atoms with E-state index >= 15 is 0 Å². The van der Waals surface area contributed by atoms with E-state index in [2.05, 4.69) is 20.8 Å². The van der Waals surface area contributed by atoms with Crippen molar-refractivity contribution in [1.29, 1.82) is 0 Å². The summed E-state index contributed by atoms with van der Waals surface area (Å²) in [6, 6.07) is -1.83. The van der Waals surface area contributed by atoms with Gasteiger partial charge in [-0.1, -0.05) is 12.8 Å². The molecule has 4 unspecified atom stereocenters. The van der Waals surface area contributed by atoms with Crippen molar-refractivity contribution in [1.82, 2.24) is 26.1 Å². The van der Waals surface area contributed by atoms with Crippen molar-refractivity contribution in [2.75, 3.05) is 11.5 Å². The first-order valence-corrected chi connectivity index (χ1v) is 14.3. The minimum atomic E-state index is -2.15. The SMILES string of the molecule is CC1NC(=O)NC1CCCCCC(=O)NC(C[S+]([O-])CC(=O)ON1C(=O)CCC1=O)C(=O)ON1C(=O)CCC1=O. The highest BCUT2D eigenvalue weighted by molar-refractivity contribution is 7.92. The minimum absolute atomic E-state index is 0.00794. The topological polar surface area (TPSA) is 221 Å². The van der Waals surface area contributed by atoms with Crippen LogP contribution in [-0.2, 0) is 54.4 Å². The Bertz CT molecular complexity index is 1040. The summed E-state index contributed by atoms with van der Waals surface area (Å²) in [5.74, 6) is -7.41. The Hall–Kier alpha value is -3.73. The monoisotopic (exact) mass is 585 g/mol. The van der Waals surface area contributed by atoms with E-state index < -0.39 is 70.2 Å². The van der Waals surface area contributed by atoms with E-state index in [1.165, 1.54) is 0 Å². The number of carbonyl (C=O) groups excluding carboxylic acids is 8. The maximum absolute atomic E-state index is 12.7. The largest absolute Gasteiger partial charge is 0.616 e. The number of imide groups is 2. The quantitative estimate of drug-likeness (QED) is 0.120. The first-order valence-electron chi connectivity index (χ1n) is 12.8. The predicted octanol–water partition coefficient (Wildman–Crippen LogP) is -1.55. The van der Waals surface area contributed by atoms with Crippen LogP contribution in [0.2, 0.25) is 0 Å². The van der Waals surface area contributed by atoms with Gasteiger partial charge in [0.1, 0.15) is 5.75 Å². The van der Waals surface area contributed by atoms with Gasteiger partial charge in [-0.25, -0.2) is 14.4 Å². The van der Waals surface area contributed by atoms with Crippen molar-refractivity contribution in [2.45, 2.75) is 82.8 Å². The normalized spacial score (nSPS) is 22.2. The van der Waals surface area contributed by atoms with Crippen LogP contribution in [-0.4, -0.2) is 91.8 Å². The van der Waals surface area contributed by atoms with Gasteiger partial charge in [0.05, 0.1) is 6.04 Å².